The molecule has 2 heterocycles. The molecule has 0 spiro atoms. The number of hydrogen-bond donors (Lipinski definition) is 1. The molecule has 1 unspecified atom stereocenters. The molecule has 3 nitrogen and oxygen atoms in total. The smallest absolute Gasteiger partial charge is 0.0932 e. The van der Waals surface area contributed by atoms with Crippen LogP contribution in [-0.2, 0) is 19.4 Å². The lowest BCUT2D eigenvalue weighted by Crippen LogP contribution is -2.52. The van der Waals surface area contributed by atoms with E-state index in [1.807, 2.05) is 0 Å². The van der Waals surface area contributed by atoms with Gasteiger partial charge in [0, 0.05) is 37.5 Å². The van der Waals surface area contributed by atoms with Gasteiger partial charge in [-0.1, -0.05) is 44.2 Å². The molecule has 1 saturated heterocycles. The average Bonchev–Trinajstić information content (AvgIpc) is 2.97. The van der Waals surface area contributed by atoms with Crippen molar-refractivity contribution in [2.24, 2.45) is 11.1 Å². The Morgan fingerprint density at radius 2 is 2.04 bits per heavy atom. The van der Waals surface area contributed by atoms with Crippen molar-refractivity contribution in [2.75, 3.05) is 13.1 Å². The van der Waals surface area contributed by atoms with Gasteiger partial charge >= 0.3 is 0 Å². The van der Waals surface area contributed by atoms with Crippen molar-refractivity contribution in [3.63, 3.8) is 0 Å². The van der Waals surface area contributed by atoms with Crippen LogP contribution >= 0.6 is 11.3 Å². The number of nitrogens with two attached hydrogens (primary N) is 1. The highest BCUT2D eigenvalue weighted by atomic mass is 32.1. The predicted molar refractivity (Wildman–Crippen MR) is 97.6 cm³/mol. The highest BCUT2D eigenvalue weighted by Crippen LogP contribution is 2.28. The van der Waals surface area contributed by atoms with Gasteiger partial charge in [0.1, 0.15) is 0 Å². The summed E-state index contributed by atoms with van der Waals surface area (Å²) in [4.78, 5) is 7.33. The summed E-state index contributed by atoms with van der Waals surface area (Å²) in [5.41, 5.74) is 9.02. The summed E-state index contributed by atoms with van der Waals surface area (Å²) in [5.74, 6) is 0. The van der Waals surface area contributed by atoms with Gasteiger partial charge in [0.25, 0.3) is 0 Å². The molecule has 1 aliphatic rings. The minimum absolute atomic E-state index is 0.199. The molecule has 1 aromatic carbocycles. The van der Waals surface area contributed by atoms with Gasteiger partial charge in [0.2, 0.25) is 0 Å². The Hall–Kier alpha value is -1.23. The third kappa shape index (κ3) is 4.40. The SMILES string of the molecule is CC1(C)CN(Cc2csc(CCc3ccccc3)n2)CCC1N. The van der Waals surface area contributed by atoms with Crippen LogP contribution in [0, 0.1) is 5.41 Å². The van der Waals surface area contributed by atoms with Gasteiger partial charge in [-0.05, 0) is 23.8 Å². The number of likely N-dealkylation sites (tertiary alicyclic amines) is 1. The minimum Gasteiger partial charge on any atom is -0.327 e. The van der Waals surface area contributed by atoms with Crippen LogP contribution in [0.1, 0.15) is 36.5 Å². The van der Waals surface area contributed by atoms with E-state index in [1.165, 1.54) is 16.3 Å². The number of hydrogen-bond acceptors (Lipinski definition) is 4. The summed E-state index contributed by atoms with van der Waals surface area (Å²) in [7, 11) is 0. The molecule has 23 heavy (non-hydrogen) atoms. The summed E-state index contributed by atoms with van der Waals surface area (Å²) in [6, 6.07) is 11.0. The maximum absolute atomic E-state index is 6.23. The molecule has 4 heteroatoms. The third-order valence-corrected chi connectivity index (χ3v) is 5.80. The molecule has 2 N–H and O–H groups in total. The molecule has 0 amide bonds. The maximum atomic E-state index is 6.23. The molecule has 0 radical (unpaired) electrons. The van der Waals surface area contributed by atoms with E-state index in [0.717, 1.165) is 38.9 Å². The summed E-state index contributed by atoms with van der Waals surface area (Å²) < 4.78 is 0. The molecule has 0 aliphatic carbocycles. The highest BCUT2D eigenvalue weighted by molar-refractivity contribution is 7.09. The fourth-order valence-corrected chi connectivity index (χ4v) is 4.07. The lowest BCUT2D eigenvalue weighted by atomic mass is 9.80. The molecule has 3 rings (SSSR count). The molecule has 124 valence electrons. The van der Waals surface area contributed by atoms with Gasteiger partial charge in [-0.3, -0.25) is 4.90 Å². The van der Waals surface area contributed by atoms with E-state index in [1.54, 1.807) is 11.3 Å². The van der Waals surface area contributed by atoms with Gasteiger partial charge in [0.05, 0.1) is 10.7 Å². The van der Waals surface area contributed by atoms with Crippen LogP contribution in [0.25, 0.3) is 0 Å². The summed E-state index contributed by atoms with van der Waals surface area (Å²) >= 11 is 1.80. The Morgan fingerprint density at radius 3 is 2.78 bits per heavy atom. The Balaban J connectivity index is 1.53. The molecule has 1 aromatic heterocycles. The number of thiazole rings is 1. The van der Waals surface area contributed by atoms with Crippen molar-refractivity contribution >= 4 is 11.3 Å². The first-order valence-electron chi connectivity index (χ1n) is 8.48. The van der Waals surface area contributed by atoms with E-state index in [2.05, 4.69) is 54.5 Å². The lowest BCUT2D eigenvalue weighted by Gasteiger charge is -2.42. The van der Waals surface area contributed by atoms with Crippen LogP contribution in [-0.4, -0.2) is 29.0 Å². The van der Waals surface area contributed by atoms with Crippen LogP contribution in [0.2, 0.25) is 0 Å². The fourth-order valence-electron chi connectivity index (χ4n) is 3.28. The Bertz CT molecular complexity index is 621. The first-order valence-corrected chi connectivity index (χ1v) is 9.36. The fraction of sp³-hybridized carbons (Fsp3) is 0.526. The van der Waals surface area contributed by atoms with Crippen molar-refractivity contribution in [2.45, 2.75) is 45.7 Å². The number of aromatic nitrogens is 1. The van der Waals surface area contributed by atoms with Crippen LogP contribution in [0.15, 0.2) is 35.7 Å². The zero-order valence-corrected chi connectivity index (χ0v) is 15.0. The van der Waals surface area contributed by atoms with E-state index >= 15 is 0 Å². The second-order valence-corrected chi connectivity index (χ2v) is 8.26. The zero-order chi connectivity index (χ0) is 16.3. The summed E-state index contributed by atoms with van der Waals surface area (Å²) in [5, 5.41) is 3.47. The largest absolute Gasteiger partial charge is 0.327 e. The minimum atomic E-state index is 0.199. The van der Waals surface area contributed by atoms with E-state index in [-0.39, 0.29) is 5.41 Å². The van der Waals surface area contributed by atoms with Gasteiger partial charge in [-0.15, -0.1) is 11.3 Å². The van der Waals surface area contributed by atoms with Gasteiger partial charge in [0.15, 0.2) is 0 Å². The van der Waals surface area contributed by atoms with Gasteiger partial charge < -0.3 is 5.73 Å². The Labute approximate surface area is 143 Å². The highest BCUT2D eigenvalue weighted by Gasteiger charge is 2.33. The molecular formula is C19H27N3S. The molecule has 2 aromatic rings. The third-order valence-electron chi connectivity index (χ3n) is 4.85. The standard InChI is InChI=1S/C19H27N3S/c1-19(2)14-22(11-10-17(19)20)12-16-13-23-18(21-16)9-8-15-6-4-3-5-7-15/h3-7,13,17H,8-12,14,20H2,1-2H3. The van der Waals surface area contributed by atoms with E-state index < -0.39 is 0 Å². The predicted octanol–water partition coefficient (Wildman–Crippen LogP) is 3.49. The monoisotopic (exact) mass is 329 g/mol. The quantitative estimate of drug-likeness (QED) is 0.913. The first-order chi connectivity index (χ1) is 11.0. The van der Waals surface area contributed by atoms with Crippen molar-refractivity contribution < 1.29 is 0 Å². The Morgan fingerprint density at radius 1 is 1.26 bits per heavy atom. The van der Waals surface area contributed by atoms with Crippen molar-refractivity contribution in [1.82, 2.24) is 9.88 Å². The molecule has 0 bridgehead atoms. The number of piperidine rings is 1. The molecule has 1 atom stereocenters. The van der Waals surface area contributed by atoms with Crippen molar-refractivity contribution in [3.8, 4) is 0 Å². The second kappa shape index (κ2) is 7.12. The summed E-state index contributed by atoms with van der Waals surface area (Å²) in [6.45, 7) is 7.65. The number of rotatable bonds is 5. The van der Waals surface area contributed by atoms with Crippen LogP contribution in [0.3, 0.4) is 0 Å². The number of benzene rings is 1. The maximum Gasteiger partial charge on any atom is 0.0932 e. The average molecular weight is 330 g/mol. The van der Waals surface area contributed by atoms with E-state index in [0.29, 0.717) is 6.04 Å². The number of aryl methyl sites for hydroxylation is 2. The Kier molecular flexibility index (Phi) is 5.14. The number of nitrogens with zero attached hydrogens (tertiary/aromatic N) is 2. The van der Waals surface area contributed by atoms with E-state index in [9.17, 15) is 0 Å². The van der Waals surface area contributed by atoms with Crippen molar-refractivity contribution in [3.05, 3.63) is 52.0 Å². The van der Waals surface area contributed by atoms with Gasteiger partial charge in [-0.2, -0.15) is 0 Å². The van der Waals surface area contributed by atoms with Crippen molar-refractivity contribution in [1.29, 1.82) is 0 Å². The lowest BCUT2D eigenvalue weighted by molar-refractivity contribution is 0.0890. The first kappa shape index (κ1) is 16.6. The molecule has 1 aliphatic heterocycles. The van der Waals surface area contributed by atoms with Crippen LogP contribution in [0.4, 0.5) is 0 Å². The molecular weight excluding hydrogens is 302 g/mol. The zero-order valence-electron chi connectivity index (χ0n) is 14.2. The summed E-state index contributed by atoms with van der Waals surface area (Å²) in [6.07, 6.45) is 3.18. The molecule has 0 saturated carbocycles. The second-order valence-electron chi connectivity index (χ2n) is 7.31. The van der Waals surface area contributed by atoms with Gasteiger partial charge in [-0.25, -0.2) is 4.98 Å². The van der Waals surface area contributed by atoms with Crippen LogP contribution < -0.4 is 5.73 Å². The normalized spacial score (nSPS) is 21.4. The van der Waals surface area contributed by atoms with Crippen LogP contribution in [0.5, 0.6) is 0 Å². The topological polar surface area (TPSA) is 42.2 Å². The molecule has 1 fully saturated rings. The van der Waals surface area contributed by atoms with E-state index in [4.69, 9.17) is 10.7 Å².